The number of carbonyl (C=O) groups is 1. The molecule has 3 aliphatic heterocycles. The fraction of sp³-hybridized carbons (Fsp3) is 0.500. The Hall–Kier alpha value is -2.56. The minimum Gasteiger partial charge on any atom is -0.369 e. The first kappa shape index (κ1) is 19.4. The molecule has 2 bridgehead atoms. The molecular formula is C22H24ClN5O2. The van der Waals surface area contributed by atoms with Crippen molar-refractivity contribution in [2.45, 2.75) is 31.5 Å². The standard InChI is InChI=1S/C22H24ClN5O2/c1-13-3-4-14(8-24)20(26-13)28-11-17-16(19-5-6-22(17,12-28)30-19)9-25-21(29)18-7-15(23)10-27(18)2/h3-4,7,10,16-17,19H,5-6,9,11-12H2,1-2H3,(H,25,29)/t16-,17+,19+,22+/m0/s1. The van der Waals surface area contributed by atoms with Crippen LogP contribution in [0.4, 0.5) is 5.82 Å². The largest absolute Gasteiger partial charge is 0.369 e. The van der Waals surface area contributed by atoms with E-state index in [1.54, 1.807) is 16.8 Å². The molecule has 2 aromatic rings. The molecule has 1 spiro atoms. The van der Waals surface area contributed by atoms with Crippen LogP contribution in [-0.2, 0) is 11.8 Å². The Bertz CT molecular complexity index is 1060. The quantitative estimate of drug-likeness (QED) is 0.814. The zero-order valence-corrected chi connectivity index (χ0v) is 17.8. The van der Waals surface area contributed by atoms with E-state index in [1.807, 2.05) is 26.1 Å². The van der Waals surface area contributed by atoms with Crippen LogP contribution in [0.2, 0.25) is 5.02 Å². The van der Waals surface area contributed by atoms with Gasteiger partial charge in [-0.25, -0.2) is 4.98 Å². The number of ether oxygens (including phenoxy) is 1. The minimum atomic E-state index is -0.202. The van der Waals surface area contributed by atoms with Crippen molar-refractivity contribution in [3.05, 3.63) is 46.4 Å². The molecule has 0 saturated carbocycles. The second kappa shape index (κ2) is 7.00. The molecule has 30 heavy (non-hydrogen) atoms. The predicted molar refractivity (Wildman–Crippen MR) is 112 cm³/mol. The molecule has 1 amide bonds. The fourth-order valence-corrected chi connectivity index (χ4v) is 5.80. The zero-order valence-electron chi connectivity index (χ0n) is 17.1. The van der Waals surface area contributed by atoms with E-state index >= 15 is 0 Å². The third kappa shape index (κ3) is 2.98. The van der Waals surface area contributed by atoms with Gasteiger partial charge in [-0.05, 0) is 38.0 Å². The van der Waals surface area contributed by atoms with Gasteiger partial charge in [0.25, 0.3) is 5.91 Å². The lowest BCUT2D eigenvalue weighted by molar-refractivity contribution is 0.0141. The minimum absolute atomic E-state index is 0.122. The number of fused-ring (bicyclic) bond motifs is 1. The van der Waals surface area contributed by atoms with Gasteiger partial charge < -0.3 is 19.5 Å². The molecule has 7 nitrogen and oxygen atoms in total. The predicted octanol–water partition coefficient (Wildman–Crippen LogP) is 2.67. The first-order valence-electron chi connectivity index (χ1n) is 10.3. The first-order chi connectivity index (χ1) is 14.4. The summed E-state index contributed by atoms with van der Waals surface area (Å²) in [6.45, 7) is 4.05. The lowest BCUT2D eigenvalue weighted by Crippen LogP contribution is -2.42. The average molecular weight is 426 g/mol. The topological polar surface area (TPSA) is 83.2 Å². The number of pyridine rings is 1. The van der Waals surface area contributed by atoms with Crippen molar-refractivity contribution < 1.29 is 9.53 Å². The molecule has 0 unspecified atom stereocenters. The van der Waals surface area contributed by atoms with E-state index in [1.165, 1.54) is 0 Å². The van der Waals surface area contributed by atoms with E-state index < -0.39 is 0 Å². The maximum absolute atomic E-state index is 12.7. The second-order valence-corrected chi connectivity index (χ2v) is 9.15. The van der Waals surface area contributed by atoms with Crippen molar-refractivity contribution in [1.29, 1.82) is 5.26 Å². The van der Waals surface area contributed by atoms with Crippen LogP contribution in [0, 0.1) is 30.1 Å². The summed E-state index contributed by atoms with van der Waals surface area (Å²) in [6.07, 6.45) is 3.93. The molecule has 1 N–H and O–H groups in total. The molecule has 5 heterocycles. The molecule has 0 aliphatic carbocycles. The van der Waals surface area contributed by atoms with E-state index in [0.29, 0.717) is 28.7 Å². The van der Waals surface area contributed by atoms with Crippen LogP contribution in [-0.4, -0.2) is 46.8 Å². The van der Waals surface area contributed by atoms with Gasteiger partial charge in [0.1, 0.15) is 17.6 Å². The summed E-state index contributed by atoms with van der Waals surface area (Å²) in [4.78, 5) is 19.5. The van der Waals surface area contributed by atoms with Gasteiger partial charge in [-0.1, -0.05) is 11.6 Å². The highest BCUT2D eigenvalue weighted by Gasteiger charge is 2.63. The molecule has 2 aromatic heterocycles. The molecule has 156 valence electrons. The summed E-state index contributed by atoms with van der Waals surface area (Å²) >= 11 is 6.02. The van der Waals surface area contributed by atoms with Crippen LogP contribution in [0.5, 0.6) is 0 Å². The number of rotatable bonds is 4. The van der Waals surface area contributed by atoms with Crippen molar-refractivity contribution in [1.82, 2.24) is 14.9 Å². The van der Waals surface area contributed by atoms with E-state index in [9.17, 15) is 10.1 Å². The third-order valence-electron chi connectivity index (χ3n) is 6.92. The molecule has 5 rings (SSSR count). The molecule has 3 fully saturated rings. The van der Waals surface area contributed by atoms with E-state index in [0.717, 1.165) is 37.4 Å². The van der Waals surface area contributed by atoms with Crippen molar-refractivity contribution in [2.24, 2.45) is 18.9 Å². The Morgan fingerprint density at radius 2 is 2.33 bits per heavy atom. The lowest BCUT2D eigenvalue weighted by atomic mass is 9.73. The molecule has 0 aromatic carbocycles. The van der Waals surface area contributed by atoms with Crippen molar-refractivity contribution in [2.75, 3.05) is 24.5 Å². The Morgan fingerprint density at radius 1 is 1.50 bits per heavy atom. The van der Waals surface area contributed by atoms with Gasteiger partial charge in [-0.2, -0.15) is 5.26 Å². The molecule has 3 saturated heterocycles. The Morgan fingerprint density at radius 3 is 3.07 bits per heavy atom. The number of anilines is 1. The number of hydrogen-bond donors (Lipinski definition) is 1. The van der Waals surface area contributed by atoms with Crippen LogP contribution in [0.3, 0.4) is 0 Å². The summed E-state index contributed by atoms with van der Waals surface area (Å²) in [6, 6.07) is 7.65. The van der Waals surface area contributed by atoms with Crippen LogP contribution in [0.25, 0.3) is 0 Å². The summed E-state index contributed by atoms with van der Waals surface area (Å²) < 4.78 is 8.22. The maximum Gasteiger partial charge on any atom is 0.267 e. The van der Waals surface area contributed by atoms with Crippen molar-refractivity contribution in [3.8, 4) is 6.07 Å². The van der Waals surface area contributed by atoms with E-state index in [4.69, 9.17) is 16.3 Å². The van der Waals surface area contributed by atoms with Gasteiger partial charge in [0, 0.05) is 50.4 Å². The molecule has 4 atom stereocenters. The van der Waals surface area contributed by atoms with Crippen LogP contribution >= 0.6 is 11.6 Å². The smallest absolute Gasteiger partial charge is 0.267 e. The van der Waals surface area contributed by atoms with Crippen LogP contribution in [0.15, 0.2) is 24.4 Å². The SMILES string of the molecule is Cc1ccc(C#N)c(N2C[C@@H]3[C@H](CNC(=O)c4cc(Cl)cn4C)[C@H]4CC[C@]3(C2)O4)n1. The van der Waals surface area contributed by atoms with Crippen molar-refractivity contribution in [3.63, 3.8) is 0 Å². The Balaban J connectivity index is 1.34. The van der Waals surface area contributed by atoms with Gasteiger partial charge in [-0.15, -0.1) is 0 Å². The fourth-order valence-electron chi connectivity index (χ4n) is 5.55. The molecule has 8 heteroatoms. The van der Waals surface area contributed by atoms with E-state index in [-0.39, 0.29) is 23.5 Å². The summed E-state index contributed by atoms with van der Waals surface area (Å²) in [7, 11) is 1.81. The number of carbonyl (C=O) groups excluding carboxylic acids is 1. The Labute approximate surface area is 180 Å². The van der Waals surface area contributed by atoms with Gasteiger partial charge in [-0.3, -0.25) is 4.79 Å². The van der Waals surface area contributed by atoms with Crippen LogP contribution in [0.1, 0.15) is 34.6 Å². The molecule has 3 aliphatic rings. The number of nitriles is 1. The highest BCUT2D eigenvalue weighted by molar-refractivity contribution is 6.31. The number of nitrogens with one attached hydrogen (secondary N) is 1. The first-order valence-corrected chi connectivity index (χ1v) is 10.7. The third-order valence-corrected chi connectivity index (χ3v) is 7.13. The summed E-state index contributed by atoms with van der Waals surface area (Å²) in [5, 5.41) is 13.2. The van der Waals surface area contributed by atoms with Gasteiger partial charge in [0.15, 0.2) is 0 Å². The number of aromatic nitrogens is 2. The lowest BCUT2D eigenvalue weighted by Gasteiger charge is -2.29. The average Bonchev–Trinajstić information content (AvgIpc) is 3.45. The number of aryl methyl sites for hydroxylation is 2. The Kier molecular flexibility index (Phi) is 4.53. The monoisotopic (exact) mass is 425 g/mol. The number of hydrogen-bond acceptors (Lipinski definition) is 5. The van der Waals surface area contributed by atoms with Gasteiger partial charge in [0.05, 0.1) is 22.3 Å². The highest BCUT2D eigenvalue weighted by atomic mass is 35.5. The van der Waals surface area contributed by atoms with Gasteiger partial charge in [0.2, 0.25) is 0 Å². The van der Waals surface area contributed by atoms with Crippen molar-refractivity contribution >= 4 is 23.3 Å². The number of amides is 1. The van der Waals surface area contributed by atoms with Crippen LogP contribution < -0.4 is 10.2 Å². The number of halogens is 1. The highest BCUT2D eigenvalue weighted by Crippen LogP contribution is 2.55. The second-order valence-electron chi connectivity index (χ2n) is 8.71. The zero-order chi connectivity index (χ0) is 21.0. The van der Waals surface area contributed by atoms with E-state index in [2.05, 4.69) is 21.3 Å². The maximum atomic E-state index is 12.7. The summed E-state index contributed by atoms with van der Waals surface area (Å²) in [5.74, 6) is 1.18. The molecular weight excluding hydrogens is 402 g/mol. The molecule has 0 radical (unpaired) electrons. The normalized spacial score (nSPS) is 29.1. The number of nitrogens with zero attached hydrogens (tertiary/aromatic N) is 4. The summed E-state index contributed by atoms with van der Waals surface area (Å²) in [5.41, 5.74) is 1.84. The van der Waals surface area contributed by atoms with Gasteiger partial charge >= 0.3 is 0 Å².